The average Bonchev–Trinajstić information content (AvgIpc) is 3.28. The molecule has 4 aromatic rings. The van der Waals surface area contributed by atoms with Crippen molar-refractivity contribution >= 4 is 45.6 Å². The number of aryl methyl sites for hydroxylation is 1. The van der Waals surface area contributed by atoms with E-state index in [0.29, 0.717) is 12.1 Å². The van der Waals surface area contributed by atoms with Gasteiger partial charge in [0.15, 0.2) is 0 Å². The molecule has 0 spiro atoms. The lowest BCUT2D eigenvalue weighted by Crippen LogP contribution is -2.54. The maximum Gasteiger partial charge on any atom is 0.240 e. The second-order valence-corrected chi connectivity index (χ2v) is 11.7. The number of carbonyl (C=O) groups excluding carboxylic acids is 3. The van der Waals surface area contributed by atoms with Crippen LogP contribution in [0.4, 0.5) is 5.69 Å². The fraction of sp³-hybridized carbons (Fsp3) is 0.176. The Morgan fingerprint density at radius 3 is 2.10 bits per heavy atom. The lowest BCUT2D eigenvalue weighted by Gasteiger charge is -2.52. The molecule has 1 saturated heterocycles. The van der Waals surface area contributed by atoms with Crippen LogP contribution in [0.2, 0.25) is 0 Å². The van der Waals surface area contributed by atoms with Gasteiger partial charge in [0.25, 0.3) is 0 Å². The SMILES string of the molecule is O=C(CCc1ccccc1)N/N=C\C12c3ccccc3C(c3ccccc31)[C@H]1C(=O)N(c3ccc(Br)cc3)C(=O)[C@H]12. The summed E-state index contributed by atoms with van der Waals surface area (Å²) in [5.74, 6) is -2.21. The third-order valence-electron chi connectivity index (χ3n) is 8.71. The molecular weight excluding hydrogens is 578 g/mol. The van der Waals surface area contributed by atoms with Gasteiger partial charge in [0.2, 0.25) is 17.7 Å². The Hall–Kier alpha value is -4.36. The van der Waals surface area contributed by atoms with E-state index in [1.807, 2.05) is 91.0 Å². The minimum Gasteiger partial charge on any atom is -0.274 e. The van der Waals surface area contributed by atoms with E-state index in [0.717, 1.165) is 32.3 Å². The van der Waals surface area contributed by atoms with Crippen molar-refractivity contribution in [3.05, 3.63) is 135 Å². The molecule has 8 rings (SSSR count). The monoisotopic (exact) mass is 603 g/mol. The second-order valence-electron chi connectivity index (χ2n) is 10.8. The molecule has 3 aliphatic carbocycles. The molecule has 1 N–H and O–H groups in total. The quantitative estimate of drug-likeness (QED) is 0.173. The van der Waals surface area contributed by atoms with Crippen LogP contribution in [0.25, 0.3) is 0 Å². The maximum absolute atomic E-state index is 14.4. The number of nitrogens with zero attached hydrogens (tertiary/aromatic N) is 2. The Bertz CT molecular complexity index is 1670. The Balaban J connectivity index is 1.31. The molecule has 0 saturated carbocycles. The molecule has 0 unspecified atom stereocenters. The summed E-state index contributed by atoms with van der Waals surface area (Å²) in [7, 11) is 0. The minimum atomic E-state index is -1.02. The largest absolute Gasteiger partial charge is 0.274 e. The van der Waals surface area contributed by atoms with Gasteiger partial charge in [-0.15, -0.1) is 0 Å². The number of hydrogen-bond donors (Lipinski definition) is 1. The van der Waals surface area contributed by atoms with Crippen molar-refractivity contribution in [3.63, 3.8) is 0 Å². The zero-order chi connectivity index (χ0) is 28.1. The Morgan fingerprint density at radius 2 is 1.44 bits per heavy atom. The summed E-state index contributed by atoms with van der Waals surface area (Å²) in [6.45, 7) is 0. The van der Waals surface area contributed by atoms with Crippen LogP contribution >= 0.6 is 15.9 Å². The molecule has 6 nitrogen and oxygen atoms in total. The third-order valence-corrected chi connectivity index (χ3v) is 9.24. The lowest BCUT2D eigenvalue weighted by atomic mass is 9.47. The van der Waals surface area contributed by atoms with Crippen molar-refractivity contribution in [1.29, 1.82) is 0 Å². The van der Waals surface area contributed by atoms with Gasteiger partial charge >= 0.3 is 0 Å². The van der Waals surface area contributed by atoms with Gasteiger partial charge in [-0.25, -0.2) is 10.3 Å². The molecule has 0 aromatic heterocycles. The van der Waals surface area contributed by atoms with Gasteiger partial charge in [-0.1, -0.05) is 94.8 Å². The van der Waals surface area contributed by atoms with Crippen molar-refractivity contribution in [2.45, 2.75) is 24.2 Å². The summed E-state index contributed by atoms with van der Waals surface area (Å²) in [4.78, 5) is 42.7. The standard InChI is InChI=1S/C34H26BrN3O3/c35-22-15-17-23(18-16-22)38-32(40)30-29-24-10-4-6-12-26(24)34(31(30)33(38)41,27-13-7-5-11-25(27)29)20-36-37-28(39)19-14-21-8-2-1-3-9-21/h1-13,15-18,20,29-31H,14,19H2,(H,37,39)/b36-20-/t29?,30-,31+,34?/m1/s1. The Morgan fingerprint density at radius 1 is 0.829 bits per heavy atom. The average molecular weight is 605 g/mol. The first-order chi connectivity index (χ1) is 20.0. The van der Waals surface area contributed by atoms with E-state index in [2.05, 4.69) is 26.5 Å². The first-order valence-corrected chi connectivity index (χ1v) is 14.5. The molecule has 202 valence electrons. The van der Waals surface area contributed by atoms with E-state index in [-0.39, 0.29) is 30.1 Å². The number of imide groups is 1. The molecule has 1 heterocycles. The van der Waals surface area contributed by atoms with Crippen LogP contribution in [0.3, 0.4) is 0 Å². The number of benzene rings is 4. The van der Waals surface area contributed by atoms with Crippen molar-refractivity contribution in [1.82, 2.24) is 5.43 Å². The first-order valence-electron chi connectivity index (χ1n) is 13.7. The number of anilines is 1. The third kappa shape index (κ3) is 3.90. The van der Waals surface area contributed by atoms with Crippen molar-refractivity contribution in [2.24, 2.45) is 16.9 Å². The van der Waals surface area contributed by atoms with Crippen LogP contribution in [0.5, 0.6) is 0 Å². The molecule has 0 radical (unpaired) electrons. The summed E-state index contributed by atoms with van der Waals surface area (Å²) >= 11 is 3.45. The number of hydrazone groups is 1. The van der Waals surface area contributed by atoms with Gasteiger partial charge in [-0.2, -0.15) is 5.10 Å². The topological polar surface area (TPSA) is 78.8 Å². The fourth-order valence-electron chi connectivity index (χ4n) is 7.06. The smallest absolute Gasteiger partial charge is 0.240 e. The molecule has 4 aromatic carbocycles. The molecule has 1 aliphatic heterocycles. The highest BCUT2D eigenvalue weighted by atomic mass is 79.9. The summed E-state index contributed by atoms with van der Waals surface area (Å²) in [5.41, 5.74) is 7.26. The maximum atomic E-state index is 14.4. The molecule has 2 bridgehead atoms. The van der Waals surface area contributed by atoms with Gasteiger partial charge in [-0.05, 0) is 58.5 Å². The highest BCUT2D eigenvalue weighted by molar-refractivity contribution is 9.10. The zero-order valence-corrected chi connectivity index (χ0v) is 23.6. The predicted octanol–water partition coefficient (Wildman–Crippen LogP) is 5.73. The highest BCUT2D eigenvalue weighted by Crippen LogP contribution is 2.63. The molecule has 3 amide bonds. The Kier molecular flexibility index (Phi) is 6.20. The van der Waals surface area contributed by atoms with Gasteiger partial charge in [0, 0.05) is 23.0 Å². The van der Waals surface area contributed by atoms with Gasteiger partial charge < -0.3 is 0 Å². The summed E-state index contributed by atoms with van der Waals surface area (Å²) < 4.78 is 0.865. The first kappa shape index (κ1) is 25.6. The number of carbonyl (C=O) groups is 3. The number of rotatable bonds is 6. The van der Waals surface area contributed by atoms with Gasteiger partial charge in [0.05, 0.1) is 22.9 Å². The molecular formula is C34H26BrN3O3. The number of hydrogen-bond acceptors (Lipinski definition) is 4. The molecule has 4 aliphatic rings. The van der Waals surface area contributed by atoms with Gasteiger partial charge in [0.1, 0.15) is 0 Å². The highest BCUT2D eigenvalue weighted by Gasteiger charge is 2.68. The van der Waals surface area contributed by atoms with E-state index in [9.17, 15) is 14.4 Å². The minimum absolute atomic E-state index is 0.207. The zero-order valence-electron chi connectivity index (χ0n) is 22.0. The van der Waals surface area contributed by atoms with E-state index < -0.39 is 17.3 Å². The Labute approximate surface area is 246 Å². The lowest BCUT2D eigenvalue weighted by molar-refractivity contribution is -0.123. The summed E-state index contributed by atoms with van der Waals surface area (Å²) in [6, 6.07) is 33.1. The fourth-order valence-corrected chi connectivity index (χ4v) is 7.32. The van der Waals surface area contributed by atoms with Crippen LogP contribution in [0, 0.1) is 11.8 Å². The van der Waals surface area contributed by atoms with Crippen LogP contribution in [-0.4, -0.2) is 23.9 Å². The van der Waals surface area contributed by atoms with E-state index in [1.165, 1.54) is 4.90 Å². The molecule has 7 heteroatoms. The van der Waals surface area contributed by atoms with E-state index >= 15 is 0 Å². The number of amides is 3. The van der Waals surface area contributed by atoms with Crippen LogP contribution in [-0.2, 0) is 26.2 Å². The molecule has 2 atom stereocenters. The number of halogens is 1. The predicted molar refractivity (Wildman–Crippen MR) is 161 cm³/mol. The summed E-state index contributed by atoms with van der Waals surface area (Å²) in [5, 5.41) is 4.49. The normalized spacial score (nSPS) is 23.8. The second kappa shape index (κ2) is 9.93. The summed E-state index contributed by atoms with van der Waals surface area (Å²) in [6.07, 6.45) is 2.58. The van der Waals surface area contributed by atoms with Crippen molar-refractivity contribution in [2.75, 3.05) is 4.90 Å². The van der Waals surface area contributed by atoms with Crippen molar-refractivity contribution in [3.8, 4) is 0 Å². The van der Waals surface area contributed by atoms with Crippen LogP contribution < -0.4 is 10.3 Å². The van der Waals surface area contributed by atoms with Gasteiger partial charge in [-0.3, -0.25) is 14.4 Å². The molecule has 41 heavy (non-hydrogen) atoms. The van der Waals surface area contributed by atoms with E-state index in [1.54, 1.807) is 18.3 Å². The van der Waals surface area contributed by atoms with E-state index in [4.69, 9.17) is 0 Å². The van der Waals surface area contributed by atoms with Crippen molar-refractivity contribution < 1.29 is 14.4 Å². The van der Waals surface area contributed by atoms with Crippen LogP contribution in [0.1, 0.15) is 40.2 Å². The van der Waals surface area contributed by atoms with Crippen LogP contribution in [0.15, 0.2) is 113 Å². The molecule has 1 fully saturated rings. The number of nitrogens with one attached hydrogen (secondary N) is 1.